The summed E-state index contributed by atoms with van der Waals surface area (Å²) in [6.07, 6.45) is 0. The summed E-state index contributed by atoms with van der Waals surface area (Å²) < 4.78 is 0. The molecule has 0 aliphatic heterocycles. The third-order valence-electron chi connectivity index (χ3n) is 10.6. The van der Waals surface area contributed by atoms with E-state index in [1.54, 1.807) is 0 Å². The third-order valence-corrected chi connectivity index (χ3v) is 10.6. The van der Waals surface area contributed by atoms with Crippen LogP contribution < -0.4 is 0 Å². The average molecular weight is 794 g/mol. The molecule has 0 atom stereocenters. The Balaban J connectivity index is 1.14. The number of nitriles is 1. The lowest BCUT2D eigenvalue weighted by Gasteiger charge is -2.16. The summed E-state index contributed by atoms with van der Waals surface area (Å²) in [7, 11) is 0. The molecule has 0 aliphatic carbocycles. The highest BCUT2D eigenvalue weighted by atomic mass is 15.0. The maximum atomic E-state index is 9.59. The maximum absolute atomic E-state index is 9.59. The summed E-state index contributed by atoms with van der Waals surface area (Å²) in [4.78, 5) is 30.5. The van der Waals surface area contributed by atoms with Crippen molar-refractivity contribution in [1.82, 2.24) is 29.9 Å². The van der Waals surface area contributed by atoms with Gasteiger partial charge in [-0.15, -0.1) is 0 Å². The second-order valence-corrected chi connectivity index (χ2v) is 14.7. The number of hydrogen-bond acceptors (Lipinski definition) is 7. The molecular weight excluding hydrogens is 759 g/mol. The van der Waals surface area contributed by atoms with Crippen molar-refractivity contribution in [3.05, 3.63) is 218 Å². The van der Waals surface area contributed by atoms with Gasteiger partial charge in [-0.25, -0.2) is 29.9 Å². The fourth-order valence-corrected chi connectivity index (χ4v) is 7.57. The quantitative estimate of drug-likeness (QED) is 0.143. The van der Waals surface area contributed by atoms with Crippen LogP contribution in [0.5, 0.6) is 0 Å². The molecule has 0 saturated carbocycles. The van der Waals surface area contributed by atoms with Crippen molar-refractivity contribution in [3.63, 3.8) is 0 Å². The van der Waals surface area contributed by atoms with Gasteiger partial charge in [-0.1, -0.05) is 182 Å². The van der Waals surface area contributed by atoms with Crippen molar-refractivity contribution in [3.8, 4) is 108 Å². The summed E-state index contributed by atoms with van der Waals surface area (Å²) in [5.74, 6) is 3.43. The number of rotatable bonds is 9. The Morgan fingerprint density at radius 2 is 0.629 bits per heavy atom. The zero-order valence-corrected chi connectivity index (χ0v) is 33.3. The molecule has 0 radical (unpaired) electrons. The molecular formula is C55H35N7. The van der Waals surface area contributed by atoms with Crippen LogP contribution in [-0.2, 0) is 0 Å². The van der Waals surface area contributed by atoms with Gasteiger partial charge in [0.1, 0.15) is 0 Å². The van der Waals surface area contributed by atoms with Crippen molar-refractivity contribution >= 4 is 0 Å². The molecule has 0 bridgehead atoms. The van der Waals surface area contributed by atoms with Crippen LogP contribution in [-0.4, -0.2) is 29.9 Å². The van der Waals surface area contributed by atoms with Crippen LogP contribution in [0.1, 0.15) is 5.56 Å². The minimum atomic E-state index is 0.541. The Bertz CT molecular complexity index is 3180. The lowest BCUT2D eigenvalue weighted by Crippen LogP contribution is -2.02. The molecule has 8 aromatic carbocycles. The minimum Gasteiger partial charge on any atom is -0.208 e. The topological polar surface area (TPSA) is 101 Å². The van der Waals surface area contributed by atoms with Gasteiger partial charge in [-0.3, -0.25) is 0 Å². The highest BCUT2D eigenvalue weighted by molar-refractivity contribution is 5.89. The Labute approximate surface area is 359 Å². The predicted octanol–water partition coefficient (Wildman–Crippen LogP) is 12.9. The molecule has 0 fully saturated rings. The lowest BCUT2D eigenvalue weighted by molar-refractivity contribution is 1.07. The molecule has 0 spiro atoms. The first-order chi connectivity index (χ1) is 30.7. The summed E-state index contributed by atoms with van der Waals surface area (Å²) in [5.41, 5.74) is 11.7. The van der Waals surface area contributed by atoms with Crippen molar-refractivity contribution in [2.75, 3.05) is 0 Å². The molecule has 0 saturated heterocycles. The molecule has 0 aliphatic rings. The molecule has 0 N–H and O–H groups in total. The van der Waals surface area contributed by atoms with Crippen molar-refractivity contribution in [2.24, 2.45) is 0 Å². The van der Waals surface area contributed by atoms with Gasteiger partial charge < -0.3 is 0 Å². The molecule has 0 unspecified atom stereocenters. The van der Waals surface area contributed by atoms with Gasteiger partial charge >= 0.3 is 0 Å². The van der Waals surface area contributed by atoms with Crippen LogP contribution >= 0.6 is 0 Å². The summed E-state index contributed by atoms with van der Waals surface area (Å²) in [5, 5.41) is 9.59. The predicted molar refractivity (Wildman–Crippen MR) is 247 cm³/mol. The molecule has 62 heavy (non-hydrogen) atoms. The summed E-state index contributed by atoms with van der Waals surface area (Å²) in [6.45, 7) is 0. The van der Waals surface area contributed by atoms with E-state index in [4.69, 9.17) is 29.9 Å². The van der Waals surface area contributed by atoms with Gasteiger partial charge in [0.05, 0.1) is 11.6 Å². The Hall–Kier alpha value is -8.73. The molecule has 10 rings (SSSR count). The molecule has 2 heterocycles. The van der Waals surface area contributed by atoms with Crippen LogP contribution in [0.4, 0.5) is 0 Å². The van der Waals surface area contributed by atoms with E-state index < -0.39 is 0 Å². The number of nitrogens with zero attached hydrogens (tertiary/aromatic N) is 7. The monoisotopic (exact) mass is 793 g/mol. The van der Waals surface area contributed by atoms with Gasteiger partial charge in [0.25, 0.3) is 0 Å². The van der Waals surface area contributed by atoms with Gasteiger partial charge in [0, 0.05) is 33.4 Å². The van der Waals surface area contributed by atoms with Crippen molar-refractivity contribution in [1.29, 1.82) is 5.26 Å². The second kappa shape index (κ2) is 16.9. The maximum Gasteiger partial charge on any atom is 0.164 e. The van der Waals surface area contributed by atoms with Crippen LogP contribution in [0.15, 0.2) is 212 Å². The fraction of sp³-hybridized carbons (Fsp3) is 0. The van der Waals surface area contributed by atoms with Crippen molar-refractivity contribution in [2.45, 2.75) is 0 Å². The minimum absolute atomic E-state index is 0.541. The average Bonchev–Trinajstić information content (AvgIpc) is 3.37. The Morgan fingerprint density at radius 1 is 0.242 bits per heavy atom. The highest BCUT2D eigenvalue weighted by Crippen LogP contribution is 2.39. The smallest absolute Gasteiger partial charge is 0.164 e. The number of benzene rings is 8. The lowest BCUT2D eigenvalue weighted by atomic mass is 9.92. The van der Waals surface area contributed by atoms with Crippen LogP contribution in [0.3, 0.4) is 0 Å². The van der Waals surface area contributed by atoms with Crippen molar-refractivity contribution < 1.29 is 0 Å². The summed E-state index contributed by atoms with van der Waals surface area (Å²) in [6, 6.07) is 73.0. The largest absolute Gasteiger partial charge is 0.208 e. The SMILES string of the molecule is N#Cc1cccc(-c2cccc(-c3nc(-c4ccccc4)nc(-c4ccc(-c5ccccc5-c5nc(-c6ccccc6)nc(-c6ccccc6)n5)cc4-c4ccccc4)n3)c2)c1. The zero-order chi connectivity index (χ0) is 41.7. The zero-order valence-electron chi connectivity index (χ0n) is 33.3. The third kappa shape index (κ3) is 7.75. The van der Waals surface area contributed by atoms with E-state index in [0.717, 1.165) is 66.8 Å². The van der Waals surface area contributed by atoms with Crippen LogP contribution in [0.2, 0.25) is 0 Å². The Morgan fingerprint density at radius 3 is 1.16 bits per heavy atom. The standard InChI is InChI=1S/C55H35N7/c56-36-37-17-15-26-42(33-37)43-27-16-28-45(34-43)53-58-52(41-24-11-4-12-25-41)61-55(62-53)48-32-31-44(35-49(48)38-18-5-1-6-19-38)46-29-13-14-30-47(46)54-59-50(39-20-7-2-8-21-39)57-51(60-54)40-22-9-3-10-23-40/h1-35H. The Kier molecular flexibility index (Phi) is 10.2. The number of aromatic nitrogens is 6. The fourth-order valence-electron chi connectivity index (χ4n) is 7.57. The van der Waals surface area contributed by atoms with Crippen LogP contribution in [0, 0.1) is 11.3 Å². The van der Waals surface area contributed by atoms with E-state index in [1.165, 1.54) is 0 Å². The van der Waals surface area contributed by atoms with E-state index in [0.29, 0.717) is 40.5 Å². The second-order valence-electron chi connectivity index (χ2n) is 14.7. The molecule has 7 heteroatoms. The molecule has 290 valence electrons. The molecule has 0 amide bonds. The van der Waals surface area contributed by atoms with Crippen LogP contribution in [0.25, 0.3) is 102 Å². The first-order valence-corrected chi connectivity index (χ1v) is 20.3. The van der Waals surface area contributed by atoms with Gasteiger partial charge in [0.2, 0.25) is 0 Å². The van der Waals surface area contributed by atoms with E-state index in [-0.39, 0.29) is 0 Å². The van der Waals surface area contributed by atoms with E-state index in [9.17, 15) is 5.26 Å². The van der Waals surface area contributed by atoms with E-state index in [1.807, 2.05) is 164 Å². The first kappa shape index (κ1) is 37.5. The van der Waals surface area contributed by atoms with E-state index in [2.05, 4.69) is 54.6 Å². The molecule has 7 nitrogen and oxygen atoms in total. The molecule has 2 aromatic heterocycles. The normalized spacial score (nSPS) is 10.9. The number of hydrogen-bond donors (Lipinski definition) is 0. The van der Waals surface area contributed by atoms with Gasteiger partial charge in [-0.2, -0.15) is 5.26 Å². The molecule has 10 aromatic rings. The van der Waals surface area contributed by atoms with Gasteiger partial charge in [0.15, 0.2) is 34.9 Å². The first-order valence-electron chi connectivity index (χ1n) is 20.3. The highest BCUT2D eigenvalue weighted by Gasteiger charge is 2.20. The summed E-state index contributed by atoms with van der Waals surface area (Å²) >= 11 is 0. The van der Waals surface area contributed by atoms with Gasteiger partial charge in [-0.05, 0) is 63.7 Å². The van der Waals surface area contributed by atoms with E-state index >= 15 is 0 Å².